The zero-order chi connectivity index (χ0) is 15.0. The Labute approximate surface area is 122 Å². The maximum absolute atomic E-state index is 11.4. The molecule has 0 radical (unpaired) electrons. The van der Waals surface area contributed by atoms with E-state index in [1.807, 2.05) is 6.07 Å². The maximum atomic E-state index is 11.4. The third-order valence-corrected chi connectivity index (χ3v) is 4.00. The summed E-state index contributed by atoms with van der Waals surface area (Å²) in [4.78, 5) is 24.5. The van der Waals surface area contributed by atoms with Gasteiger partial charge in [-0.05, 0) is 25.0 Å². The van der Waals surface area contributed by atoms with E-state index in [0.29, 0.717) is 30.3 Å². The molecule has 0 spiro atoms. The summed E-state index contributed by atoms with van der Waals surface area (Å²) in [6, 6.07) is 3.66. The quantitative estimate of drug-likeness (QED) is 0.633. The van der Waals surface area contributed by atoms with Gasteiger partial charge in [0.15, 0.2) is 0 Å². The number of rotatable bonds is 2. The Morgan fingerprint density at radius 2 is 2.19 bits per heavy atom. The molecule has 1 fully saturated rings. The topological polar surface area (TPSA) is 87.5 Å². The lowest BCUT2D eigenvalue weighted by Gasteiger charge is -2.34. The number of amides is 1. The fourth-order valence-electron chi connectivity index (χ4n) is 2.95. The number of carbonyl (C=O) groups is 1. The van der Waals surface area contributed by atoms with Crippen molar-refractivity contribution in [2.24, 2.45) is 0 Å². The number of fused-ring (bicyclic) bond motifs is 1. The number of nitrogens with one attached hydrogen (secondary N) is 2. The van der Waals surface area contributed by atoms with E-state index in [2.05, 4.69) is 22.5 Å². The molecule has 2 heterocycles. The van der Waals surface area contributed by atoms with E-state index in [4.69, 9.17) is 0 Å². The predicted octanol–water partition coefficient (Wildman–Crippen LogP) is 1.28. The van der Waals surface area contributed by atoms with Gasteiger partial charge in [-0.1, -0.05) is 0 Å². The summed E-state index contributed by atoms with van der Waals surface area (Å²) in [7, 11) is 0. The summed E-state index contributed by atoms with van der Waals surface area (Å²) in [5.74, 6) is -0.0830. The smallest absolute Gasteiger partial charge is 0.294 e. The van der Waals surface area contributed by atoms with E-state index in [1.54, 1.807) is 0 Å². The molecule has 0 bridgehead atoms. The van der Waals surface area contributed by atoms with Crippen molar-refractivity contribution < 1.29 is 9.72 Å². The third kappa shape index (κ3) is 2.69. The lowest BCUT2D eigenvalue weighted by molar-refractivity contribution is -0.384. The Kier molecular flexibility index (Phi) is 3.50. The molecule has 2 aliphatic rings. The first-order valence-corrected chi connectivity index (χ1v) is 7.14. The van der Waals surface area contributed by atoms with Crippen LogP contribution < -0.4 is 15.5 Å². The van der Waals surface area contributed by atoms with Crippen molar-refractivity contribution in [3.63, 3.8) is 0 Å². The second kappa shape index (κ2) is 5.33. The van der Waals surface area contributed by atoms with Gasteiger partial charge in [-0.2, -0.15) is 0 Å². The van der Waals surface area contributed by atoms with Crippen molar-refractivity contribution >= 4 is 23.0 Å². The number of nitrogens with zero attached hydrogens (tertiary/aromatic N) is 2. The first kappa shape index (κ1) is 13.8. The summed E-state index contributed by atoms with van der Waals surface area (Å²) >= 11 is 0. The van der Waals surface area contributed by atoms with Gasteiger partial charge in [0.05, 0.1) is 10.6 Å². The number of nitro benzene ring substituents is 1. The van der Waals surface area contributed by atoms with Crippen LogP contribution in [-0.4, -0.2) is 36.5 Å². The van der Waals surface area contributed by atoms with Crippen molar-refractivity contribution in [3.8, 4) is 0 Å². The number of piperazine rings is 1. The maximum Gasteiger partial charge on any atom is 0.294 e. The fourth-order valence-corrected chi connectivity index (χ4v) is 2.95. The molecule has 112 valence electrons. The summed E-state index contributed by atoms with van der Waals surface area (Å²) in [5.41, 5.74) is 2.26. The second-order valence-corrected chi connectivity index (χ2v) is 5.60. The molecule has 7 nitrogen and oxygen atoms in total. The van der Waals surface area contributed by atoms with E-state index in [0.717, 1.165) is 25.2 Å². The molecule has 2 N–H and O–H groups in total. The number of carbonyl (C=O) groups excluding carboxylic acids is 1. The number of hydrogen-bond acceptors (Lipinski definition) is 5. The molecule has 1 aromatic carbocycles. The van der Waals surface area contributed by atoms with Gasteiger partial charge in [-0.3, -0.25) is 14.9 Å². The lowest BCUT2D eigenvalue weighted by Crippen LogP contribution is -2.49. The van der Waals surface area contributed by atoms with Crippen molar-refractivity contribution in [3.05, 3.63) is 27.8 Å². The van der Waals surface area contributed by atoms with Gasteiger partial charge in [-0.15, -0.1) is 0 Å². The highest BCUT2D eigenvalue weighted by molar-refractivity contribution is 5.95. The van der Waals surface area contributed by atoms with E-state index in [9.17, 15) is 14.9 Å². The normalized spacial score (nSPS) is 21.7. The molecule has 0 unspecified atom stereocenters. The van der Waals surface area contributed by atoms with Crippen LogP contribution in [0.3, 0.4) is 0 Å². The van der Waals surface area contributed by atoms with Gasteiger partial charge in [0.1, 0.15) is 5.69 Å². The van der Waals surface area contributed by atoms with Crippen LogP contribution in [0.25, 0.3) is 0 Å². The van der Waals surface area contributed by atoms with Crippen molar-refractivity contribution in [2.75, 3.05) is 29.9 Å². The molecule has 0 saturated carbocycles. The zero-order valence-electron chi connectivity index (χ0n) is 11.9. The molecule has 1 aromatic rings. The molecular weight excluding hydrogens is 272 g/mol. The molecule has 21 heavy (non-hydrogen) atoms. The number of nitro groups is 1. The van der Waals surface area contributed by atoms with Crippen LogP contribution in [0.5, 0.6) is 0 Å². The highest BCUT2D eigenvalue weighted by Gasteiger charge is 2.27. The van der Waals surface area contributed by atoms with Crippen molar-refractivity contribution in [2.45, 2.75) is 25.8 Å². The zero-order valence-corrected chi connectivity index (χ0v) is 11.9. The van der Waals surface area contributed by atoms with Gasteiger partial charge < -0.3 is 15.5 Å². The Morgan fingerprint density at radius 1 is 1.38 bits per heavy atom. The monoisotopic (exact) mass is 290 g/mol. The summed E-state index contributed by atoms with van der Waals surface area (Å²) in [5, 5.41) is 17.4. The molecular formula is C14H18N4O3. The van der Waals surface area contributed by atoms with Crippen LogP contribution in [0.1, 0.15) is 18.9 Å². The minimum atomic E-state index is -0.372. The molecule has 7 heteroatoms. The van der Waals surface area contributed by atoms with Crippen LogP contribution in [0, 0.1) is 10.1 Å². The van der Waals surface area contributed by atoms with E-state index < -0.39 is 0 Å². The van der Waals surface area contributed by atoms with E-state index in [1.165, 1.54) is 6.07 Å². The van der Waals surface area contributed by atoms with Gasteiger partial charge in [-0.25, -0.2) is 0 Å². The van der Waals surface area contributed by atoms with Gasteiger partial charge >= 0.3 is 0 Å². The molecule has 0 aromatic heterocycles. The van der Waals surface area contributed by atoms with Crippen molar-refractivity contribution in [1.29, 1.82) is 0 Å². The van der Waals surface area contributed by atoms with Gasteiger partial charge in [0, 0.05) is 38.2 Å². The Balaban J connectivity index is 2.02. The van der Waals surface area contributed by atoms with Crippen LogP contribution in [-0.2, 0) is 11.2 Å². The fraction of sp³-hybridized carbons (Fsp3) is 0.500. The average Bonchev–Trinajstić information content (AvgIpc) is 2.45. The third-order valence-electron chi connectivity index (χ3n) is 4.00. The first-order chi connectivity index (χ1) is 10.0. The molecule has 0 aliphatic carbocycles. The van der Waals surface area contributed by atoms with E-state index >= 15 is 0 Å². The average molecular weight is 290 g/mol. The minimum absolute atomic E-state index is 0.0602. The SMILES string of the molecule is C[C@H]1CN(c2cc3c(cc2[N+](=O)[O-])NC(=O)CC3)CCN1. The molecule has 3 rings (SSSR count). The minimum Gasteiger partial charge on any atom is -0.363 e. The van der Waals surface area contributed by atoms with Crippen LogP contribution in [0.4, 0.5) is 17.1 Å². The highest BCUT2D eigenvalue weighted by atomic mass is 16.6. The number of aryl methyl sites for hydroxylation is 1. The van der Waals surface area contributed by atoms with Crippen LogP contribution >= 0.6 is 0 Å². The summed E-state index contributed by atoms with van der Waals surface area (Å²) in [6.45, 7) is 4.37. The Hall–Kier alpha value is -2.15. The lowest BCUT2D eigenvalue weighted by atomic mass is 10.0. The molecule has 1 saturated heterocycles. The number of anilines is 2. The Bertz CT molecular complexity index is 602. The van der Waals surface area contributed by atoms with Gasteiger partial charge in [0.25, 0.3) is 5.69 Å². The van der Waals surface area contributed by atoms with Crippen LogP contribution in [0.15, 0.2) is 12.1 Å². The first-order valence-electron chi connectivity index (χ1n) is 7.14. The van der Waals surface area contributed by atoms with Crippen molar-refractivity contribution in [1.82, 2.24) is 5.32 Å². The second-order valence-electron chi connectivity index (χ2n) is 5.60. The van der Waals surface area contributed by atoms with E-state index in [-0.39, 0.29) is 16.5 Å². The van der Waals surface area contributed by atoms with Crippen LogP contribution in [0.2, 0.25) is 0 Å². The largest absolute Gasteiger partial charge is 0.363 e. The molecule has 1 atom stereocenters. The summed E-state index contributed by atoms with van der Waals surface area (Å²) < 4.78 is 0. The highest BCUT2D eigenvalue weighted by Crippen LogP contribution is 2.36. The standard InChI is InChI=1S/C14H18N4O3/c1-9-8-17(5-4-15-9)12-6-10-2-3-14(19)16-11(10)7-13(12)18(20)21/h6-7,9,15H,2-5,8H2,1H3,(H,16,19)/t9-/m0/s1. The van der Waals surface area contributed by atoms with Gasteiger partial charge in [0.2, 0.25) is 5.91 Å². The Morgan fingerprint density at radius 3 is 2.90 bits per heavy atom. The predicted molar refractivity (Wildman–Crippen MR) is 79.7 cm³/mol. The number of benzene rings is 1. The summed E-state index contributed by atoms with van der Waals surface area (Å²) in [6.07, 6.45) is 1.07. The molecule has 1 amide bonds. The molecule has 2 aliphatic heterocycles. The number of hydrogen-bond donors (Lipinski definition) is 2.